The Labute approximate surface area is 187 Å². The Bertz CT molecular complexity index is 1250. The highest BCUT2D eigenvalue weighted by molar-refractivity contribution is 5.84. The van der Waals surface area contributed by atoms with E-state index in [-0.39, 0.29) is 5.91 Å². The minimum Gasteiger partial charge on any atom is -0.379 e. The van der Waals surface area contributed by atoms with Crippen molar-refractivity contribution in [3.05, 3.63) is 52.5 Å². The van der Waals surface area contributed by atoms with Gasteiger partial charge in [0.15, 0.2) is 0 Å². The lowest BCUT2D eigenvalue weighted by Gasteiger charge is -2.39. The molecule has 0 radical (unpaired) electrons. The fourth-order valence-electron chi connectivity index (χ4n) is 4.39. The molecule has 1 aromatic carbocycles. The number of hydrogen-bond acceptors (Lipinski definition) is 6. The molecule has 8 nitrogen and oxygen atoms in total. The van der Waals surface area contributed by atoms with E-state index in [0.717, 1.165) is 23.4 Å². The van der Waals surface area contributed by atoms with Gasteiger partial charge in [-0.1, -0.05) is 12.1 Å². The highest BCUT2D eigenvalue weighted by Crippen LogP contribution is 2.37. The number of alkyl halides is 3. The second-order valence-electron chi connectivity index (χ2n) is 8.97. The normalized spacial score (nSPS) is 18.2. The molecule has 0 spiro atoms. The second-order valence-corrected chi connectivity index (χ2v) is 8.97. The van der Waals surface area contributed by atoms with E-state index in [2.05, 4.69) is 20.5 Å². The summed E-state index contributed by atoms with van der Waals surface area (Å²) in [6, 6.07) is 4.75. The van der Waals surface area contributed by atoms with Crippen molar-refractivity contribution in [1.29, 1.82) is 0 Å². The molecule has 0 aliphatic carbocycles. The maximum absolute atomic E-state index is 13.2. The van der Waals surface area contributed by atoms with Gasteiger partial charge < -0.3 is 15.0 Å². The zero-order valence-corrected chi connectivity index (χ0v) is 18.4. The molecule has 4 heterocycles. The Morgan fingerprint density at radius 3 is 2.67 bits per heavy atom. The van der Waals surface area contributed by atoms with Gasteiger partial charge in [-0.2, -0.15) is 18.2 Å². The van der Waals surface area contributed by atoms with E-state index < -0.39 is 23.2 Å². The van der Waals surface area contributed by atoms with Gasteiger partial charge in [0, 0.05) is 11.6 Å². The Balaban J connectivity index is 1.49. The van der Waals surface area contributed by atoms with Crippen LogP contribution < -0.4 is 5.32 Å². The van der Waals surface area contributed by atoms with Gasteiger partial charge in [-0.05, 0) is 38.5 Å². The summed E-state index contributed by atoms with van der Waals surface area (Å²) in [5, 5.41) is 11.5. The molecule has 1 N–H and O–H groups in total. The monoisotopic (exact) mass is 460 g/mol. The summed E-state index contributed by atoms with van der Waals surface area (Å²) in [6.07, 6.45) is -4.42. The van der Waals surface area contributed by atoms with Crippen molar-refractivity contribution < 1.29 is 22.7 Å². The number of fused-ring (bicyclic) bond motifs is 3. The van der Waals surface area contributed by atoms with Crippen molar-refractivity contribution in [3.63, 3.8) is 0 Å². The van der Waals surface area contributed by atoms with Gasteiger partial charge in [0.2, 0.25) is 5.91 Å². The van der Waals surface area contributed by atoms with Gasteiger partial charge >= 0.3 is 6.18 Å². The molecule has 5 rings (SSSR count). The molecular weight excluding hydrogens is 437 g/mol. The number of nitrogens with one attached hydrogen (secondary N) is 1. The van der Waals surface area contributed by atoms with E-state index in [0.29, 0.717) is 49.3 Å². The molecule has 1 fully saturated rings. The van der Waals surface area contributed by atoms with Crippen LogP contribution in [0, 0.1) is 12.3 Å². The van der Waals surface area contributed by atoms with Crippen LogP contribution in [0.2, 0.25) is 0 Å². The highest BCUT2D eigenvalue weighted by atomic mass is 19.4. The molecule has 11 heteroatoms. The predicted octanol–water partition coefficient (Wildman–Crippen LogP) is 3.50. The molecule has 2 aliphatic heterocycles. The van der Waals surface area contributed by atoms with E-state index in [1.54, 1.807) is 17.9 Å². The Kier molecular flexibility index (Phi) is 4.85. The number of benzene rings is 1. The number of aromatic nitrogens is 4. The quantitative estimate of drug-likeness (QED) is 0.642. The maximum atomic E-state index is 13.2. The average molecular weight is 460 g/mol. The van der Waals surface area contributed by atoms with Gasteiger partial charge in [-0.3, -0.25) is 9.20 Å². The first kappa shape index (κ1) is 21.6. The molecule has 0 unspecified atom stereocenters. The minimum absolute atomic E-state index is 0.000652. The van der Waals surface area contributed by atoms with Crippen LogP contribution in [-0.2, 0) is 28.8 Å². The number of amides is 1. The summed E-state index contributed by atoms with van der Waals surface area (Å²) in [5.74, 6) is 1.51. The van der Waals surface area contributed by atoms with E-state index >= 15 is 0 Å². The van der Waals surface area contributed by atoms with Gasteiger partial charge in [-0.15, -0.1) is 10.2 Å². The summed E-state index contributed by atoms with van der Waals surface area (Å²) in [4.78, 5) is 19.5. The molecule has 0 saturated carbocycles. The first-order chi connectivity index (χ1) is 15.6. The summed E-state index contributed by atoms with van der Waals surface area (Å²) in [7, 11) is 0. The lowest BCUT2D eigenvalue weighted by Crippen LogP contribution is -2.52. The molecule has 33 heavy (non-hydrogen) atoms. The van der Waals surface area contributed by atoms with Crippen molar-refractivity contribution >= 4 is 17.5 Å². The molecular formula is C22H23F3N6O2. The lowest BCUT2D eigenvalue weighted by atomic mass is 9.87. The van der Waals surface area contributed by atoms with Crippen LogP contribution in [0.25, 0.3) is 5.78 Å². The third kappa shape index (κ3) is 3.60. The van der Waals surface area contributed by atoms with Crippen molar-refractivity contribution in [2.24, 2.45) is 5.41 Å². The summed E-state index contributed by atoms with van der Waals surface area (Å²) in [5.41, 5.74) is 0.876. The predicted molar refractivity (Wildman–Crippen MR) is 112 cm³/mol. The van der Waals surface area contributed by atoms with Crippen LogP contribution in [0.5, 0.6) is 0 Å². The van der Waals surface area contributed by atoms with Gasteiger partial charge in [0.1, 0.15) is 11.6 Å². The third-order valence-electron chi connectivity index (χ3n) is 6.33. The van der Waals surface area contributed by atoms with Crippen molar-refractivity contribution in [3.8, 4) is 0 Å². The minimum atomic E-state index is -4.42. The van der Waals surface area contributed by atoms with E-state index in [9.17, 15) is 18.0 Å². The van der Waals surface area contributed by atoms with Crippen LogP contribution in [-0.4, -0.2) is 43.6 Å². The van der Waals surface area contributed by atoms with Gasteiger partial charge in [0.05, 0.1) is 43.0 Å². The van der Waals surface area contributed by atoms with Gasteiger partial charge in [-0.25, -0.2) is 0 Å². The summed E-state index contributed by atoms with van der Waals surface area (Å²) < 4.78 is 46.6. The number of ether oxygens (including phenoxy) is 1. The number of rotatable bonds is 4. The van der Waals surface area contributed by atoms with Crippen molar-refractivity contribution in [1.82, 2.24) is 24.5 Å². The standard InChI is InChI=1S/C22H23F3N6O2/c1-12(14-5-4-6-15(7-14)22(23,24)25)26-18-16-8-30(19(32)21(3)10-33-11-21)9-17(16)31-13(2)28-29-20(31)27-18/h4-7,12H,8-11H2,1-3H3,(H,26,27,29)/t12-/m1/s1. The fourth-order valence-corrected chi connectivity index (χ4v) is 4.39. The largest absolute Gasteiger partial charge is 0.416 e. The SMILES string of the molecule is Cc1nnc2nc(N[C@H](C)c3cccc(C(F)(F)F)c3)c3c(n12)CN(C(=O)C1(C)COC1)C3. The lowest BCUT2D eigenvalue weighted by molar-refractivity contribution is -0.169. The second kappa shape index (κ2) is 7.41. The molecule has 2 aliphatic rings. The zero-order valence-electron chi connectivity index (χ0n) is 18.4. The number of aryl methyl sites for hydroxylation is 1. The van der Waals surface area contributed by atoms with E-state index in [1.165, 1.54) is 6.07 Å². The number of nitrogens with zero attached hydrogens (tertiary/aromatic N) is 5. The fraction of sp³-hybridized carbons (Fsp3) is 0.455. The number of anilines is 1. The van der Waals surface area contributed by atoms with Crippen LogP contribution in [0.4, 0.5) is 19.0 Å². The summed E-state index contributed by atoms with van der Waals surface area (Å²) >= 11 is 0. The molecule has 0 bridgehead atoms. The molecule has 1 atom stereocenters. The van der Waals surface area contributed by atoms with Crippen LogP contribution in [0.15, 0.2) is 24.3 Å². The van der Waals surface area contributed by atoms with Crippen molar-refractivity contribution in [2.45, 2.75) is 46.1 Å². The molecule has 3 aromatic rings. The third-order valence-corrected chi connectivity index (χ3v) is 6.33. The first-order valence-corrected chi connectivity index (χ1v) is 10.6. The summed E-state index contributed by atoms with van der Waals surface area (Å²) in [6.45, 7) is 6.94. The van der Waals surface area contributed by atoms with Crippen LogP contribution in [0.1, 0.15) is 48.1 Å². The molecule has 174 valence electrons. The van der Waals surface area contributed by atoms with Gasteiger partial charge in [0.25, 0.3) is 5.78 Å². The zero-order chi connectivity index (χ0) is 23.5. The number of halogens is 3. The number of hydrogen-bond donors (Lipinski definition) is 1. The van der Waals surface area contributed by atoms with Crippen LogP contribution in [0.3, 0.4) is 0 Å². The van der Waals surface area contributed by atoms with Crippen molar-refractivity contribution in [2.75, 3.05) is 18.5 Å². The maximum Gasteiger partial charge on any atom is 0.416 e. The highest BCUT2D eigenvalue weighted by Gasteiger charge is 2.45. The molecule has 1 saturated heterocycles. The molecule has 2 aromatic heterocycles. The smallest absolute Gasteiger partial charge is 0.379 e. The average Bonchev–Trinajstić information content (AvgIpc) is 3.35. The Morgan fingerprint density at radius 1 is 1.24 bits per heavy atom. The number of carbonyl (C=O) groups excluding carboxylic acids is 1. The topological polar surface area (TPSA) is 84.7 Å². The Morgan fingerprint density at radius 2 is 2.00 bits per heavy atom. The van der Waals surface area contributed by atoms with E-state index in [1.807, 2.05) is 18.2 Å². The van der Waals surface area contributed by atoms with E-state index in [4.69, 9.17) is 4.74 Å². The first-order valence-electron chi connectivity index (χ1n) is 10.6. The molecule has 1 amide bonds. The number of carbonyl (C=O) groups is 1. The Hall–Kier alpha value is -3.21. The van der Waals surface area contributed by atoms with Crippen LogP contribution >= 0.6 is 0 Å².